The lowest BCUT2D eigenvalue weighted by Crippen LogP contribution is -2.20. The molecule has 1 heterocycles. The third-order valence-electron chi connectivity index (χ3n) is 2.47. The number of aromatic nitrogens is 1. The molecule has 1 atom stereocenters. The zero-order valence-electron chi connectivity index (χ0n) is 10.3. The van der Waals surface area contributed by atoms with Gasteiger partial charge in [0.25, 0.3) is 0 Å². The molecule has 0 spiro atoms. The van der Waals surface area contributed by atoms with Gasteiger partial charge in [-0.15, -0.1) is 11.3 Å². The van der Waals surface area contributed by atoms with E-state index < -0.39 is 0 Å². The van der Waals surface area contributed by atoms with Gasteiger partial charge < -0.3 is 4.74 Å². The van der Waals surface area contributed by atoms with E-state index in [4.69, 9.17) is 4.74 Å². The maximum absolute atomic E-state index is 11.7. The molecular formula is C12H19NO2S. The summed E-state index contributed by atoms with van der Waals surface area (Å²) in [7, 11) is 1.43. The number of aryl methyl sites for hydroxylation is 1. The summed E-state index contributed by atoms with van der Waals surface area (Å²) in [5.74, 6) is -0.209. The highest BCUT2D eigenvalue weighted by molar-refractivity contribution is 7.09. The number of carbonyl (C=O) groups excluding carboxylic acids is 1. The van der Waals surface area contributed by atoms with Gasteiger partial charge in [0.15, 0.2) is 0 Å². The summed E-state index contributed by atoms with van der Waals surface area (Å²) < 4.78 is 4.82. The van der Waals surface area contributed by atoms with Crippen molar-refractivity contribution in [1.29, 1.82) is 0 Å². The van der Waals surface area contributed by atoms with Crippen molar-refractivity contribution >= 4 is 17.3 Å². The number of methoxy groups -OCH3 is 1. The molecule has 0 aliphatic heterocycles. The monoisotopic (exact) mass is 241 g/mol. The summed E-state index contributed by atoms with van der Waals surface area (Å²) in [6, 6.07) is 0. The van der Waals surface area contributed by atoms with Crippen molar-refractivity contribution in [2.45, 2.75) is 39.5 Å². The molecule has 0 N–H and O–H groups in total. The minimum atomic E-state index is -0.230. The summed E-state index contributed by atoms with van der Waals surface area (Å²) in [5, 5.41) is 3.08. The fourth-order valence-electron chi connectivity index (χ4n) is 1.66. The summed E-state index contributed by atoms with van der Waals surface area (Å²) in [6.45, 7) is 6.15. The molecule has 0 bridgehead atoms. The summed E-state index contributed by atoms with van der Waals surface area (Å²) in [4.78, 5) is 16.2. The average Bonchev–Trinajstić information content (AvgIpc) is 2.66. The second-order valence-corrected chi connectivity index (χ2v) is 5.10. The van der Waals surface area contributed by atoms with Gasteiger partial charge in [-0.25, -0.2) is 4.98 Å². The molecule has 0 saturated carbocycles. The van der Waals surface area contributed by atoms with E-state index in [1.54, 1.807) is 11.3 Å². The Morgan fingerprint density at radius 1 is 1.56 bits per heavy atom. The quantitative estimate of drug-likeness (QED) is 0.744. The molecule has 1 unspecified atom stereocenters. The summed E-state index contributed by atoms with van der Waals surface area (Å²) in [6.07, 6.45) is 2.06. The molecule has 0 aromatic carbocycles. The van der Waals surface area contributed by atoms with Crippen molar-refractivity contribution in [3.63, 3.8) is 0 Å². The van der Waals surface area contributed by atoms with E-state index in [9.17, 15) is 4.79 Å². The first-order valence-electron chi connectivity index (χ1n) is 5.62. The van der Waals surface area contributed by atoms with E-state index >= 15 is 0 Å². The van der Waals surface area contributed by atoms with Crippen molar-refractivity contribution in [2.75, 3.05) is 7.11 Å². The maximum atomic E-state index is 11.7. The molecule has 1 aromatic heterocycles. The Hall–Kier alpha value is -0.900. The number of rotatable bonds is 5. The summed E-state index contributed by atoms with van der Waals surface area (Å²) in [5.41, 5.74) is 0.857. The van der Waals surface area contributed by atoms with Crippen LogP contribution >= 0.6 is 11.3 Å². The van der Waals surface area contributed by atoms with Gasteiger partial charge in [-0.2, -0.15) is 0 Å². The van der Waals surface area contributed by atoms with Gasteiger partial charge in [0.2, 0.25) is 0 Å². The average molecular weight is 241 g/mol. The van der Waals surface area contributed by atoms with Gasteiger partial charge in [0.1, 0.15) is 5.92 Å². The standard InChI is InChI=1S/C12H19NO2S/c1-5-6-10-13-9(7-16-10)11(8(2)3)12(14)15-4/h7-8,11H,5-6H2,1-4H3. The fourth-order valence-corrected chi connectivity index (χ4v) is 2.59. The second kappa shape index (κ2) is 5.99. The molecule has 0 aliphatic carbocycles. The van der Waals surface area contributed by atoms with Crippen LogP contribution in [0.4, 0.5) is 0 Å². The third-order valence-corrected chi connectivity index (χ3v) is 3.40. The van der Waals surface area contributed by atoms with Crippen molar-refractivity contribution in [3.8, 4) is 0 Å². The largest absolute Gasteiger partial charge is 0.468 e. The Labute approximate surface area is 101 Å². The van der Waals surface area contributed by atoms with Gasteiger partial charge in [0.05, 0.1) is 17.8 Å². The highest BCUT2D eigenvalue weighted by Gasteiger charge is 2.27. The molecule has 0 fully saturated rings. The van der Waals surface area contributed by atoms with Crippen LogP contribution in [0.3, 0.4) is 0 Å². The van der Waals surface area contributed by atoms with Crippen LogP contribution < -0.4 is 0 Å². The number of hydrogen-bond acceptors (Lipinski definition) is 4. The van der Waals surface area contributed by atoms with Crippen LogP contribution in [0.2, 0.25) is 0 Å². The number of hydrogen-bond donors (Lipinski definition) is 0. The Morgan fingerprint density at radius 3 is 2.75 bits per heavy atom. The fraction of sp³-hybridized carbons (Fsp3) is 0.667. The van der Waals surface area contributed by atoms with Crippen LogP contribution in [0.25, 0.3) is 0 Å². The predicted molar refractivity (Wildman–Crippen MR) is 65.7 cm³/mol. The van der Waals surface area contributed by atoms with Crippen LogP contribution in [0.5, 0.6) is 0 Å². The number of esters is 1. The molecule has 0 aliphatic rings. The van der Waals surface area contributed by atoms with Crippen molar-refractivity contribution in [2.24, 2.45) is 5.92 Å². The zero-order valence-corrected chi connectivity index (χ0v) is 11.1. The lowest BCUT2D eigenvalue weighted by Gasteiger charge is -2.15. The molecule has 3 nitrogen and oxygen atoms in total. The SMILES string of the molecule is CCCc1nc(C(C(=O)OC)C(C)C)cs1. The van der Waals surface area contributed by atoms with Crippen LogP contribution in [0.15, 0.2) is 5.38 Å². The van der Waals surface area contributed by atoms with Crippen LogP contribution in [-0.4, -0.2) is 18.1 Å². The number of nitrogens with zero attached hydrogens (tertiary/aromatic N) is 1. The van der Waals surface area contributed by atoms with Gasteiger partial charge >= 0.3 is 5.97 Å². The second-order valence-electron chi connectivity index (χ2n) is 4.16. The van der Waals surface area contributed by atoms with E-state index in [-0.39, 0.29) is 17.8 Å². The van der Waals surface area contributed by atoms with Gasteiger partial charge in [-0.3, -0.25) is 4.79 Å². The van der Waals surface area contributed by atoms with E-state index in [0.717, 1.165) is 23.5 Å². The minimum absolute atomic E-state index is 0.191. The van der Waals surface area contributed by atoms with E-state index in [0.29, 0.717) is 0 Å². The van der Waals surface area contributed by atoms with Crippen molar-refractivity contribution in [1.82, 2.24) is 4.98 Å². The first-order valence-corrected chi connectivity index (χ1v) is 6.50. The molecule has 90 valence electrons. The van der Waals surface area contributed by atoms with E-state index in [1.165, 1.54) is 7.11 Å². The number of carbonyl (C=O) groups is 1. The lowest BCUT2D eigenvalue weighted by molar-refractivity contribution is -0.143. The summed E-state index contributed by atoms with van der Waals surface area (Å²) >= 11 is 1.63. The van der Waals surface area contributed by atoms with E-state index in [2.05, 4.69) is 11.9 Å². The topological polar surface area (TPSA) is 39.2 Å². The highest BCUT2D eigenvalue weighted by Crippen LogP contribution is 2.27. The Balaban J connectivity index is 2.88. The maximum Gasteiger partial charge on any atom is 0.315 e. The smallest absolute Gasteiger partial charge is 0.315 e. The van der Waals surface area contributed by atoms with Gasteiger partial charge in [-0.1, -0.05) is 20.8 Å². The number of thiazole rings is 1. The van der Waals surface area contributed by atoms with Crippen LogP contribution in [0.1, 0.15) is 43.8 Å². The molecular weight excluding hydrogens is 222 g/mol. The Bertz CT molecular complexity index is 347. The van der Waals surface area contributed by atoms with Crippen molar-refractivity contribution in [3.05, 3.63) is 16.1 Å². The molecule has 4 heteroatoms. The normalized spacial score (nSPS) is 12.8. The van der Waals surface area contributed by atoms with Gasteiger partial charge in [0, 0.05) is 5.38 Å². The zero-order chi connectivity index (χ0) is 12.1. The molecule has 0 amide bonds. The molecule has 1 rings (SSSR count). The lowest BCUT2D eigenvalue weighted by atomic mass is 9.93. The first-order chi connectivity index (χ1) is 7.60. The minimum Gasteiger partial charge on any atom is -0.468 e. The molecule has 0 saturated heterocycles. The van der Waals surface area contributed by atoms with Crippen LogP contribution in [-0.2, 0) is 16.0 Å². The Kier molecular flexibility index (Phi) is 4.93. The molecule has 1 aromatic rings. The predicted octanol–water partition coefficient (Wildman–Crippen LogP) is 3.01. The highest BCUT2D eigenvalue weighted by atomic mass is 32.1. The van der Waals surface area contributed by atoms with Crippen molar-refractivity contribution < 1.29 is 9.53 Å². The third kappa shape index (κ3) is 3.04. The van der Waals surface area contributed by atoms with E-state index in [1.807, 2.05) is 19.2 Å². The first kappa shape index (κ1) is 13.2. The number of ether oxygens (including phenoxy) is 1. The van der Waals surface area contributed by atoms with Gasteiger partial charge in [-0.05, 0) is 18.8 Å². The molecule has 16 heavy (non-hydrogen) atoms. The Morgan fingerprint density at radius 2 is 2.25 bits per heavy atom. The molecule has 0 radical (unpaired) electrons. The van der Waals surface area contributed by atoms with Crippen LogP contribution in [0, 0.1) is 5.92 Å².